The first-order valence-electron chi connectivity index (χ1n) is 9.01. The minimum absolute atomic E-state index is 0.0742. The Kier molecular flexibility index (Phi) is 8.61. The number of hydrogen-bond acceptors (Lipinski definition) is 5. The van der Waals surface area contributed by atoms with Gasteiger partial charge in [-0.1, -0.05) is 42.1 Å². The summed E-state index contributed by atoms with van der Waals surface area (Å²) in [5.74, 6) is 0.233. The molecule has 8 heteroatoms. The van der Waals surface area contributed by atoms with Crippen LogP contribution in [0.4, 0.5) is 5.69 Å². The number of hydrogen-bond donors (Lipinski definition) is 1. The zero-order valence-corrected chi connectivity index (χ0v) is 17.1. The largest absolute Gasteiger partial charge is 0.493 e. The third-order valence-electron chi connectivity index (χ3n) is 3.94. The van der Waals surface area contributed by atoms with Gasteiger partial charge in [0.25, 0.3) is 11.6 Å². The number of rotatable bonds is 10. The highest BCUT2D eigenvalue weighted by atomic mass is 79.9. The molecular weight excluding hydrogens is 426 g/mol. The zero-order valence-electron chi connectivity index (χ0n) is 15.6. The second kappa shape index (κ2) is 11.2. The van der Waals surface area contributed by atoms with E-state index in [1.165, 1.54) is 43.3 Å². The van der Waals surface area contributed by atoms with Gasteiger partial charge in [-0.25, -0.2) is 5.43 Å². The Morgan fingerprint density at radius 1 is 1.21 bits per heavy atom. The van der Waals surface area contributed by atoms with Crippen LogP contribution in [0.2, 0.25) is 0 Å². The fourth-order valence-electron chi connectivity index (χ4n) is 2.42. The lowest BCUT2D eigenvalue weighted by Gasteiger charge is -2.09. The molecule has 2 rings (SSSR count). The highest BCUT2D eigenvalue weighted by Gasteiger charge is 2.09. The molecule has 0 spiro atoms. The Hall–Kier alpha value is -2.74. The number of halogens is 1. The molecule has 0 aromatic heterocycles. The topological polar surface area (TPSA) is 93.8 Å². The summed E-state index contributed by atoms with van der Waals surface area (Å²) < 4.78 is 6.70. The molecule has 1 amide bonds. The molecule has 0 aliphatic heterocycles. The normalized spacial score (nSPS) is 10.8. The van der Waals surface area contributed by atoms with Crippen molar-refractivity contribution < 1.29 is 14.5 Å². The summed E-state index contributed by atoms with van der Waals surface area (Å²) in [6.45, 7) is 2.78. The van der Waals surface area contributed by atoms with Crippen LogP contribution in [0.3, 0.4) is 0 Å². The maximum absolute atomic E-state index is 12.1. The van der Waals surface area contributed by atoms with Crippen molar-refractivity contribution in [2.24, 2.45) is 5.10 Å². The Balaban J connectivity index is 1.97. The number of nitrogens with zero attached hydrogens (tertiary/aromatic N) is 2. The minimum Gasteiger partial charge on any atom is -0.493 e. The van der Waals surface area contributed by atoms with Gasteiger partial charge in [0.1, 0.15) is 5.75 Å². The van der Waals surface area contributed by atoms with Crippen molar-refractivity contribution in [2.45, 2.75) is 32.6 Å². The van der Waals surface area contributed by atoms with Gasteiger partial charge >= 0.3 is 0 Å². The van der Waals surface area contributed by atoms with Crippen LogP contribution >= 0.6 is 15.9 Å². The molecule has 7 nitrogen and oxygen atoms in total. The van der Waals surface area contributed by atoms with Crippen molar-refractivity contribution in [3.05, 3.63) is 68.2 Å². The first-order valence-corrected chi connectivity index (χ1v) is 9.80. The van der Waals surface area contributed by atoms with Crippen LogP contribution in [0, 0.1) is 10.1 Å². The standard InChI is InChI=1S/C20H22BrN3O4/c1-2-3-4-5-12-28-19-11-8-17(21)13-16(19)14-22-23-20(25)15-6-9-18(10-7-15)24(26)27/h6-11,13-14H,2-5,12H2,1H3,(H,23,25)/b22-14+. The summed E-state index contributed by atoms with van der Waals surface area (Å²) in [5, 5.41) is 14.6. The Bertz CT molecular complexity index is 838. The fourth-order valence-corrected chi connectivity index (χ4v) is 2.80. The molecule has 0 fully saturated rings. The smallest absolute Gasteiger partial charge is 0.271 e. The van der Waals surface area contributed by atoms with Gasteiger partial charge in [-0.2, -0.15) is 5.10 Å². The molecule has 148 valence electrons. The Labute approximate surface area is 172 Å². The molecule has 0 unspecified atom stereocenters. The van der Waals surface area contributed by atoms with Gasteiger partial charge in [-0.3, -0.25) is 14.9 Å². The second-order valence-corrected chi connectivity index (χ2v) is 7.01. The third-order valence-corrected chi connectivity index (χ3v) is 4.43. The number of benzene rings is 2. The average Bonchev–Trinajstić information content (AvgIpc) is 2.69. The molecule has 2 aromatic carbocycles. The maximum atomic E-state index is 12.1. The molecule has 1 N–H and O–H groups in total. The Morgan fingerprint density at radius 3 is 2.64 bits per heavy atom. The number of nitrogens with one attached hydrogen (secondary N) is 1. The van der Waals surface area contributed by atoms with E-state index in [0.29, 0.717) is 12.4 Å². The maximum Gasteiger partial charge on any atom is 0.271 e. The van der Waals surface area contributed by atoms with Crippen LogP contribution in [-0.4, -0.2) is 23.7 Å². The van der Waals surface area contributed by atoms with Crippen molar-refractivity contribution in [1.29, 1.82) is 0 Å². The van der Waals surface area contributed by atoms with Crippen molar-refractivity contribution in [1.82, 2.24) is 5.43 Å². The number of unbranched alkanes of at least 4 members (excludes halogenated alkanes) is 3. The van der Waals surface area contributed by atoms with Crippen LogP contribution in [0.25, 0.3) is 0 Å². The van der Waals surface area contributed by atoms with Crippen molar-refractivity contribution in [2.75, 3.05) is 6.61 Å². The van der Waals surface area contributed by atoms with Crippen molar-refractivity contribution in [3.8, 4) is 5.75 Å². The van der Waals surface area contributed by atoms with E-state index >= 15 is 0 Å². The predicted octanol–water partition coefficient (Wildman–Crippen LogP) is 5.08. The van der Waals surface area contributed by atoms with Gasteiger partial charge in [0, 0.05) is 27.7 Å². The van der Waals surface area contributed by atoms with E-state index in [-0.39, 0.29) is 11.3 Å². The minimum atomic E-state index is -0.517. The van der Waals surface area contributed by atoms with Crippen LogP contribution in [-0.2, 0) is 0 Å². The molecule has 28 heavy (non-hydrogen) atoms. The van der Waals surface area contributed by atoms with E-state index in [4.69, 9.17) is 4.74 Å². The summed E-state index contributed by atoms with van der Waals surface area (Å²) in [4.78, 5) is 22.3. The first kappa shape index (κ1) is 21.6. The van der Waals surface area contributed by atoms with E-state index in [0.717, 1.165) is 22.9 Å². The molecule has 0 saturated heterocycles. The second-order valence-electron chi connectivity index (χ2n) is 6.09. The molecule has 0 saturated carbocycles. The van der Waals surface area contributed by atoms with Crippen LogP contribution in [0.5, 0.6) is 5.75 Å². The van der Waals surface area contributed by atoms with Gasteiger partial charge in [0.2, 0.25) is 0 Å². The van der Waals surface area contributed by atoms with Crippen molar-refractivity contribution in [3.63, 3.8) is 0 Å². The predicted molar refractivity (Wildman–Crippen MR) is 112 cm³/mol. The highest BCUT2D eigenvalue weighted by Crippen LogP contribution is 2.22. The first-order chi connectivity index (χ1) is 13.5. The number of hydrazone groups is 1. The summed E-state index contributed by atoms with van der Waals surface area (Å²) in [6.07, 6.45) is 5.98. The number of carbonyl (C=O) groups is 1. The quantitative estimate of drug-likeness (QED) is 0.237. The molecule has 0 atom stereocenters. The summed E-state index contributed by atoms with van der Waals surface area (Å²) >= 11 is 3.42. The summed E-state index contributed by atoms with van der Waals surface area (Å²) in [7, 11) is 0. The molecule has 0 bridgehead atoms. The van der Waals surface area contributed by atoms with Crippen molar-refractivity contribution >= 4 is 33.7 Å². The molecular formula is C20H22BrN3O4. The van der Waals surface area contributed by atoms with Crippen LogP contribution in [0.15, 0.2) is 52.0 Å². The SMILES string of the molecule is CCCCCCOc1ccc(Br)cc1/C=N/NC(=O)c1ccc([N+](=O)[O-])cc1. The third kappa shape index (κ3) is 6.77. The van der Waals surface area contributed by atoms with E-state index < -0.39 is 10.8 Å². The lowest BCUT2D eigenvalue weighted by molar-refractivity contribution is -0.384. The van der Waals surface area contributed by atoms with Gasteiger partial charge in [0.15, 0.2) is 0 Å². The number of carbonyl (C=O) groups excluding carboxylic acids is 1. The van der Waals surface area contributed by atoms with Crippen LogP contribution < -0.4 is 10.2 Å². The lowest BCUT2D eigenvalue weighted by atomic mass is 10.2. The van der Waals surface area contributed by atoms with E-state index in [1.807, 2.05) is 18.2 Å². The zero-order chi connectivity index (χ0) is 20.4. The lowest BCUT2D eigenvalue weighted by Crippen LogP contribution is -2.17. The molecule has 0 aliphatic carbocycles. The summed E-state index contributed by atoms with van der Waals surface area (Å²) in [5.41, 5.74) is 3.35. The van der Waals surface area contributed by atoms with Gasteiger partial charge in [-0.05, 0) is 36.8 Å². The molecule has 0 aliphatic rings. The highest BCUT2D eigenvalue weighted by molar-refractivity contribution is 9.10. The number of nitro benzene ring substituents is 1. The summed E-state index contributed by atoms with van der Waals surface area (Å²) in [6, 6.07) is 10.9. The van der Waals surface area contributed by atoms with Gasteiger partial charge in [0.05, 0.1) is 17.7 Å². The molecule has 2 aromatic rings. The van der Waals surface area contributed by atoms with Gasteiger partial charge in [-0.15, -0.1) is 0 Å². The van der Waals surface area contributed by atoms with E-state index in [2.05, 4.69) is 33.4 Å². The van der Waals surface area contributed by atoms with Gasteiger partial charge < -0.3 is 4.74 Å². The monoisotopic (exact) mass is 447 g/mol. The number of ether oxygens (including phenoxy) is 1. The Morgan fingerprint density at radius 2 is 1.96 bits per heavy atom. The van der Waals surface area contributed by atoms with E-state index in [1.54, 1.807) is 0 Å². The molecule has 0 heterocycles. The average molecular weight is 448 g/mol. The number of amides is 1. The number of non-ortho nitro benzene ring substituents is 1. The number of nitro groups is 1. The fraction of sp³-hybridized carbons (Fsp3) is 0.300. The van der Waals surface area contributed by atoms with Crippen LogP contribution in [0.1, 0.15) is 48.5 Å². The van der Waals surface area contributed by atoms with E-state index in [9.17, 15) is 14.9 Å². The molecule has 0 radical (unpaired) electrons.